The molecule has 1 aromatic rings. The number of hydrogen-bond donors (Lipinski definition) is 1. The Morgan fingerprint density at radius 3 is 2.67 bits per heavy atom. The summed E-state index contributed by atoms with van der Waals surface area (Å²) in [7, 11) is 1.34. The summed E-state index contributed by atoms with van der Waals surface area (Å²) in [5.41, 5.74) is 0.209. The van der Waals surface area contributed by atoms with Gasteiger partial charge in [-0.2, -0.15) is 0 Å². The Morgan fingerprint density at radius 1 is 1.60 bits per heavy atom. The zero-order valence-electron chi connectivity index (χ0n) is 8.25. The number of carboxylic acid groups (broad SMARTS) is 1. The van der Waals surface area contributed by atoms with Gasteiger partial charge in [-0.25, -0.2) is 4.39 Å². The van der Waals surface area contributed by atoms with Crippen LogP contribution in [0.15, 0.2) is 12.1 Å². The predicted molar refractivity (Wildman–Crippen MR) is 54.0 cm³/mol. The van der Waals surface area contributed by atoms with Crippen LogP contribution in [0, 0.1) is 5.82 Å². The number of rotatable bonds is 3. The van der Waals surface area contributed by atoms with Crippen LogP contribution in [0.3, 0.4) is 0 Å². The van der Waals surface area contributed by atoms with E-state index in [0.717, 1.165) is 12.1 Å². The molecule has 0 aromatic heterocycles. The number of aliphatic carboxylic acids is 1. The smallest absolute Gasteiger partial charge is 0.310 e. The van der Waals surface area contributed by atoms with Crippen LogP contribution >= 0.6 is 11.6 Å². The number of methoxy groups -OCH3 is 1. The van der Waals surface area contributed by atoms with Gasteiger partial charge in [0.05, 0.1) is 18.1 Å². The second-order valence-electron chi connectivity index (χ2n) is 3.07. The van der Waals surface area contributed by atoms with Crippen LogP contribution in [-0.2, 0) is 4.79 Å². The number of hydrogen-bond acceptors (Lipinski definition) is 2. The van der Waals surface area contributed by atoms with Crippen molar-refractivity contribution < 1.29 is 19.0 Å². The standard InChI is InChI=1S/C10H10ClFO3/c1-5(10(13)14)7-3-6(12)4-8(15-2)9(7)11/h3-5H,1-2H3,(H,13,14). The van der Waals surface area contributed by atoms with Gasteiger partial charge in [0.25, 0.3) is 0 Å². The lowest BCUT2D eigenvalue weighted by molar-refractivity contribution is -0.138. The van der Waals surface area contributed by atoms with Crippen LogP contribution in [0.1, 0.15) is 18.4 Å². The summed E-state index contributed by atoms with van der Waals surface area (Å²) in [6.07, 6.45) is 0. The third kappa shape index (κ3) is 2.39. The molecule has 1 atom stereocenters. The van der Waals surface area contributed by atoms with Crippen LogP contribution < -0.4 is 4.74 Å². The normalized spacial score (nSPS) is 12.3. The van der Waals surface area contributed by atoms with Crippen LogP contribution in [0.4, 0.5) is 4.39 Å². The van der Waals surface area contributed by atoms with Gasteiger partial charge in [0.2, 0.25) is 0 Å². The van der Waals surface area contributed by atoms with Crippen molar-refractivity contribution in [2.45, 2.75) is 12.8 Å². The van der Waals surface area contributed by atoms with E-state index in [1.807, 2.05) is 0 Å². The van der Waals surface area contributed by atoms with E-state index in [1.165, 1.54) is 14.0 Å². The van der Waals surface area contributed by atoms with Crippen molar-refractivity contribution in [3.63, 3.8) is 0 Å². The molecule has 0 aliphatic rings. The fourth-order valence-corrected chi connectivity index (χ4v) is 1.53. The zero-order chi connectivity index (χ0) is 11.6. The minimum Gasteiger partial charge on any atom is -0.495 e. The molecule has 0 aliphatic carbocycles. The molecular formula is C10H10ClFO3. The average Bonchev–Trinajstić information content (AvgIpc) is 2.19. The molecule has 0 heterocycles. The molecule has 0 fully saturated rings. The second-order valence-corrected chi connectivity index (χ2v) is 3.45. The van der Waals surface area contributed by atoms with Crippen molar-refractivity contribution >= 4 is 17.6 Å². The number of halogens is 2. The van der Waals surface area contributed by atoms with Crippen LogP contribution in [0.25, 0.3) is 0 Å². The fourth-order valence-electron chi connectivity index (χ4n) is 1.18. The molecule has 3 nitrogen and oxygen atoms in total. The summed E-state index contributed by atoms with van der Waals surface area (Å²) in [5.74, 6) is -2.37. The number of carboxylic acids is 1. The van der Waals surface area contributed by atoms with Gasteiger partial charge < -0.3 is 9.84 Å². The molecule has 1 N–H and O–H groups in total. The molecule has 0 spiro atoms. The van der Waals surface area contributed by atoms with Gasteiger partial charge in [-0.1, -0.05) is 11.6 Å². The van der Waals surface area contributed by atoms with E-state index in [-0.39, 0.29) is 16.3 Å². The largest absolute Gasteiger partial charge is 0.495 e. The number of benzene rings is 1. The molecule has 5 heteroatoms. The first-order chi connectivity index (χ1) is 6.97. The Balaban J connectivity index is 3.28. The maximum absolute atomic E-state index is 13.1. The molecule has 1 unspecified atom stereocenters. The number of carbonyl (C=O) groups is 1. The van der Waals surface area contributed by atoms with Crippen molar-refractivity contribution in [2.75, 3.05) is 7.11 Å². The number of ether oxygens (including phenoxy) is 1. The molecule has 1 aromatic carbocycles. The first-order valence-electron chi connectivity index (χ1n) is 4.23. The third-order valence-electron chi connectivity index (χ3n) is 2.09. The highest BCUT2D eigenvalue weighted by molar-refractivity contribution is 6.33. The molecule has 0 radical (unpaired) electrons. The van der Waals surface area contributed by atoms with Crippen molar-refractivity contribution in [3.8, 4) is 5.75 Å². The molecule has 0 amide bonds. The highest BCUT2D eigenvalue weighted by atomic mass is 35.5. The Labute approximate surface area is 91.4 Å². The van der Waals surface area contributed by atoms with E-state index >= 15 is 0 Å². The van der Waals surface area contributed by atoms with Gasteiger partial charge in [-0.3, -0.25) is 4.79 Å². The Bertz CT molecular complexity index is 392. The quantitative estimate of drug-likeness (QED) is 0.872. The van der Waals surface area contributed by atoms with Gasteiger partial charge >= 0.3 is 5.97 Å². The minimum atomic E-state index is -1.07. The van der Waals surface area contributed by atoms with E-state index in [4.69, 9.17) is 21.4 Å². The molecular weight excluding hydrogens is 223 g/mol. The van der Waals surface area contributed by atoms with Crippen LogP contribution in [0.2, 0.25) is 5.02 Å². The second kappa shape index (κ2) is 4.49. The summed E-state index contributed by atoms with van der Waals surface area (Å²) < 4.78 is 17.9. The maximum atomic E-state index is 13.1. The highest BCUT2D eigenvalue weighted by Gasteiger charge is 2.20. The molecule has 0 bridgehead atoms. The SMILES string of the molecule is COc1cc(F)cc(C(C)C(=O)O)c1Cl. The first-order valence-corrected chi connectivity index (χ1v) is 4.61. The lowest BCUT2D eigenvalue weighted by Gasteiger charge is -2.12. The van der Waals surface area contributed by atoms with Gasteiger partial charge in [0, 0.05) is 6.07 Å². The molecule has 15 heavy (non-hydrogen) atoms. The molecule has 0 saturated heterocycles. The Morgan fingerprint density at radius 2 is 2.20 bits per heavy atom. The summed E-state index contributed by atoms with van der Waals surface area (Å²) in [6.45, 7) is 1.43. The Kier molecular flexibility index (Phi) is 3.52. The van der Waals surface area contributed by atoms with Crippen LogP contribution in [-0.4, -0.2) is 18.2 Å². The van der Waals surface area contributed by atoms with E-state index in [1.54, 1.807) is 0 Å². The summed E-state index contributed by atoms with van der Waals surface area (Å²) in [4.78, 5) is 10.7. The predicted octanol–water partition coefficient (Wildman–Crippen LogP) is 2.68. The summed E-state index contributed by atoms with van der Waals surface area (Å²) >= 11 is 5.86. The average molecular weight is 233 g/mol. The van der Waals surface area contributed by atoms with Crippen LogP contribution in [0.5, 0.6) is 5.75 Å². The Hall–Kier alpha value is -1.29. The van der Waals surface area contributed by atoms with Crippen molar-refractivity contribution in [3.05, 3.63) is 28.5 Å². The highest BCUT2D eigenvalue weighted by Crippen LogP contribution is 2.33. The zero-order valence-corrected chi connectivity index (χ0v) is 9.01. The van der Waals surface area contributed by atoms with Gasteiger partial charge in [-0.15, -0.1) is 0 Å². The van der Waals surface area contributed by atoms with E-state index in [0.29, 0.717) is 0 Å². The third-order valence-corrected chi connectivity index (χ3v) is 2.49. The first kappa shape index (κ1) is 11.8. The van der Waals surface area contributed by atoms with Crippen molar-refractivity contribution in [2.24, 2.45) is 0 Å². The molecule has 1 rings (SSSR count). The molecule has 0 aliphatic heterocycles. The van der Waals surface area contributed by atoms with E-state index < -0.39 is 17.7 Å². The topological polar surface area (TPSA) is 46.5 Å². The van der Waals surface area contributed by atoms with E-state index in [9.17, 15) is 9.18 Å². The van der Waals surface area contributed by atoms with Gasteiger partial charge in [-0.05, 0) is 18.6 Å². The lowest BCUT2D eigenvalue weighted by atomic mass is 10.0. The summed E-state index contributed by atoms with van der Waals surface area (Å²) in [6, 6.07) is 2.21. The van der Waals surface area contributed by atoms with Crippen molar-refractivity contribution in [1.29, 1.82) is 0 Å². The van der Waals surface area contributed by atoms with Gasteiger partial charge in [0.15, 0.2) is 0 Å². The summed E-state index contributed by atoms with van der Waals surface area (Å²) in [5, 5.41) is 8.93. The monoisotopic (exact) mass is 232 g/mol. The van der Waals surface area contributed by atoms with Crippen molar-refractivity contribution in [1.82, 2.24) is 0 Å². The van der Waals surface area contributed by atoms with Gasteiger partial charge in [0.1, 0.15) is 11.6 Å². The molecule has 0 saturated carbocycles. The molecule has 82 valence electrons. The lowest BCUT2D eigenvalue weighted by Crippen LogP contribution is -2.08. The van der Waals surface area contributed by atoms with E-state index in [2.05, 4.69) is 0 Å². The minimum absolute atomic E-state index is 0.133. The maximum Gasteiger partial charge on any atom is 0.310 e. The fraction of sp³-hybridized carbons (Fsp3) is 0.300.